The number of benzene rings is 3. The van der Waals surface area contributed by atoms with E-state index in [1.54, 1.807) is 0 Å². The number of nitrogens with one attached hydrogen (secondary N) is 1. The van der Waals surface area contributed by atoms with Crippen LogP contribution in [0.4, 0.5) is 23.4 Å². The molecule has 0 unspecified atom stereocenters. The van der Waals surface area contributed by atoms with E-state index in [4.69, 9.17) is 9.72 Å². The van der Waals surface area contributed by atoms with Crippen molar-refractivity contribution in [3.63, 3.8) is 0 Å². The van der Waals surface area contributed by atoms with Gasteiger partial charge in [0, 0.05) is 43.5 Å². The average Bonchev–Trinajstić information content (AvgIpc) is 3.60. The first-order chi connectivity index (χ1) is 22.3. The summed E-state index contributed by atoms with van der Waals surface area (Å²) in [4.78, 5) is 13.5. The fraction of sp³-hybridized carbons (Fsp3) is 0.486. The highest BCUT2D eigenvalue weighted by Gasteiger charge is 2.49. The van der Waals surface area contributed by atoms with Gasteiger partial charge in [0.15, 0.2) is 5.82 Å². The molecule has 5 heterocycles. The molecule has 2 bridgehead atoms. The van der Waals surface area contributed by atoms with E-state index >= 15 is 13.2 Å². The van der Waals surface area contributed by atoms with E-state index in [9.17, 15) is 9.50 Å². The van der Waals surface area contributed by atoms with E-state index in [0.29, 0.717) is 48.2 Å². The molecule has 11 heteroatoms. The number of aromatic nitrogens is 2. The molecule has 1 aromatic heterocycles. The summed E-state index contributed by atoms with van der Waals surface area (Å²) in [5, 5.41) is 15.3. The van der Waals surface area contributed by atoms with Crippen LogP contribution in [-0.2, 0) is 0 Å². The lowest BCUT2D eigenvalue weighted by molar-refractivity contribution is 0.107. The van der Waals surface area contributed by atoms with Gasteiger partial charge in [-0.05, 0) is 97.2 Å². The molecule has 4 aliphatic heterocycles. The number of hydrogen-bond donors (Lipinski definition) is 2. The summed E-state index contributed by atoms with van der Waals surface area (Å²) < 4.78 is 69.3. The van der Waals surface area contributed by atoms with E-state index in [2.05, 4.69) is 15.2 Å². The van der Waals surface area contributed by atoms with Gasteiger partial charge in [0.05, 0.1) is 11.1 Å². The van der Waals surface area contributed by atoms with Gasteiger partial charge in [0.25, 0.3) is 0 Å². The molecule has 0 spiro atoms. The standard InChI is InChI=1S/C35H35F4N5O2/c36-20-13-35(8-1-9-44(35)14-20)17-46-34-41-32-25(33(42-34)43-15-21-5-6-22(16-43)40-21)12-27(38)30(31(32)39)24-11-23(45)10-19-4-7-26(37)29(28(19)24)18-2-3-18/h4,7,10-12,18,20-22,40,45H,1-3,5-6,8-9,13-17H2/t20-,21-,22+,35+/m1/s1. The number of phenols is 1. The molecule has 2 N–H and O–H groups in total. The third-order valence-corrected chi connectivity index (χ3v) is 10.9. The van der Waals surface area contributed by atoms with Crippen LogP contribution in [0.3, 0.4) is 0 Å². The topological polar surface area (TPSA) is 73.8 Å². The molecule has 4 atom stereocenters. The number of ether oxygens (including phenoxy) is 1. The van der Waals surface area contributed by atoms with Crippen molar-refractivity contribution < 1.29 is 27.4 Å². The van der Waals surface area contributed by atoms with Gasteiger partial charge in [0.2, 0.25) is 0 Å². The highest BCUT2D eigenvalue weighted by Crippen LogP contribution is 2.49. The van der Waals surface area contributed by atoms with Crippen LogP contribution in [0.15, 0.2) is 30.3 Å². The van der Waals surface area contributed by atoms with Crippen LogP contribution >= 0.6 is 0 Å². The van der Waals surface area contributed by atoms with Crippen LogP contribution in [-0.4, -0.2) is 76.6 Å². The van der Waals surface area contributed by atoms with E-state index in [1.165, 1.54) is 30.3 Å². The Morgan fingerprint density at radius 3 is 2.57 bits per heavy atom. The Hall–Kier alpha value is -3.70. The monoisotopic (exact) mass is 633 g/mol. The normalized spacial score (nSPS) is 27.7. The number of phenolic OH excluding ortho intramolecular Hbond substituents is 1. The third-order valence-electron chi connectivity index (χ3n) is 10.9. The van der Waals surface area contributed by atoms with Crippen LogP contribution in [0.2, 0.25) is 0 Å². The SMILES string of the molecule is Oc1cc(-c2c(F)cc3c(N4C[C@H]5CC[C@@H](C4)N5)nc(OC[C@@]45CCCN4C[C@H](F)C5)nc3c2F)c2c(C3CC3)c(F)ccc2c1. The number of halogens is 4. The molecule has 0 amide bonds. The predicted octanol–water partition coefficient (Wildman–Crippen LogP) is 6.35. The second kappa shape index (κ2) is 10.4. The van der Waals surface area contributed by atoms with Crippen molar-refractivity contribution in [2.24, 2.45) is 0 Å². The van der Waals surface area contributed by atoms with Gasteiger partial charge < -0.3 is 20.1 Å². The van der Waals surface area contributed by atoms with Gasteiger partial charge in [-0.2, -0.15) is 9.97 Å². The Morgan fingerprint density at radius 1 is 0.978 bits per heavy atom. The molecule has 5 aliphatic rings. The van der Waals surface area contributed by atoms with Crippen molar-refractivity contribution in [2.75, 3.05) is 37.7 Å². The fourth-order valence-corrected chi connectivity index (χ4v) is 8.75. The maximum atomic E-state index is 17.0. The summed E-state index contributed by atoms with van der Waals surface area (Å²) in [5.41, 5.74) is -0.454. The van der Waals surface area contributed by atoms with Crippen LogP contribution in [0, 0.1) is 17.5 Å². The molecule has 7 nitrogen and oxygen atoms in total. The number of anilines is 1. The molecular formula is C35H35F4N5O2. The maximum absolute atomic E-state index is 17.0. The summed E-state index contributed by atoms with van der Waals surface area (Å²) in [7, 11) is 0. The molecule has 9 rings (SSSR count). The number of hydrogen-bond acceptors (Lipinski definition) is 7. The summed E-state index contributed by atoms with van der Waals surface area (Å²) >= 11 is 0. The largest absolute Gasteiger partial charge is 0.508 e. The Labute approximate surface area is 263 Å². The minimum absolute atomic E-state index is 0.0427. The minimum atomic E-state index is -0.932. The summed E-state index contributed by atoms with van der Waals surface area (Å²) in [5.74, 6) is -2.04. The second-order valence-electron chi connectivity index (χ2n) is 14.0. The van der Waals surface area contributed by atoms with Crippen LogP contribution in [0.5, 0.6) is 11.8 Å². The Morgan fingerprint density at radius 2 is 1.78 bits per heavy atom. The number of fused-ring (bicyclic) bond motifs is 5. The van der Waals surface area contributed by atoms with E-state index in [1.807, 2.05) is 4.90 Å². The molecule has 1 saturated carbocycles. The molecule has 4 saturated heterocycles. The summed E-state index contributed by atoms with van der Waals surface area (Å²) in [6.07, 6.45) is 4.75. The summed E-state index contributed by atoms with van der Waals surface area (Å²) in [6.45, 7) is 2.58. The average molecular weight is 634 g/mol. The number of aromatic hydroxyl groups is 1. The second-order valence-corrected chi connectivity index (χ2v) is 14.0. The Kier molecular flexibility index (Phi) is 6.45. The van der Waals surface area contributed by atoms with E-state index in [0.717, 1.165) is 45.1 Å². The van der Waals surface area contributed by atoms with Gasteiger partial charge >= 0.3 is 6.01 Å². The zero-order chi connectivity index (χ0) is 31.3. The van der Waals surface area contributed by atoms with Crippen LogP contribution < -0.4 is 15.0 Å². The highest BCUT2D eigenvalue weighted by molar-refractivity contribution is 6.03. The van der Waals surface area contributed by atoms with Gasteiger partial charge in [-0.15, -0.1) is 0 Å². The zero-order valence-electron chi connectivity index (χ0n) is 25.3. The predicted molar refractivity (Wildman–Crippen MR) is 167 cm³/mol. The van der Waals surface area contributed by atoms with Gasteiger partial charge in [-0.3, -0.25) is 4.90 Å². The van der Waals surface area contributed by atoms with Crippen molar-refractivity contribution in [3.05, 3.63) is 53.3 Å². The third kappa shape index (κ3) is 4.52. The molecule has 240 valence electrons. The molecular weight excluding hydrogens is 598 g/mol. The van der Waals surface area contributed by atoms with E-state index < -0.39 is 29.2 Å². The quantitative estimate of drug-likeness (QED) is 0.240. The van der Waals surface area contributed by atoms with Gasteiger partial charge in [-0.1, -0.05) is 6.07 Å². The van der Waals surface area contributed by atoms with Gasteiger partial charge in [-0.25, -0.2) is 17.6 Å². The number of nitrogens with zero attached hydrogens (tertiary/aromatic N) is 4. The van der Waals surface area contributed by atoms with Crippen molar-refractivity contribution in [1.82, 2.24) is 20.2 Å². The smallest absolute Gasteiger partial charge is 0.319 e. The zero-order valence-corrected chi connectivity index (χ0v) is 25.3. The maximum Gasteiger partial charge on any atom is 0.319 e. The number of alkyl halides is 1. The van der Waals surface area contributed by atoms with Crippen molar-refractivity contribution in [3.8, 4) is 22.9 Å². The fourth-order valence-electron chi connectivity index (χ4n) is 8.75. The number of piperazine rings is 1. The van der Waals surface area contributed by atoms with E-state index in [-0.39, 0.29) is 58.4 Å². The van der Waals surface area contributed by atoms with Gasteiger partial charge in [0.1, 0.15) is 41.5 Å². The minimum Gasteiger partial charge on any atom is -0.508 e. The molecule has 3 aromatic carbocycles. The molecule has 1 aliphatic carbocycles. The highest BCUT2D eigenvalue weighted by atomic mass is 19.1. The Balaban J connectivity index is 1.21. The van der Waals surface area contributed by atoms with Crippen molar-refractivity contribution >= 4 is 27.5 Å². The lowest BCUT2D eigenvalue weighted by Gasteiger charge is -2.34. The first kappa shape index (κ1) is 28.5. The lowest BCUT2D eigenvalue weighted by atomic mass is 9.91. The van der Waals surface area contributed by atoms with Crippen molar-refractivity contribution in [2.45, 2.75) is 74.7 Å². The van der Waals surface area contributed by atoms with Crippen LogP contribution in [0.25, 0.3) is 32.8 Å². The van der Waals surface area contributed by atoms with Crippen molar-refractivity contribution in [1.29, 1.82) is 0 Å². The number of rotatable bonds is 6. The first-order valence-corrected chi connectivity index (χ1v) is 16.4. The lowest BCUT2D eigenvalue weighted by Crippen LogP contribution is -2.51. The molecule has 46 heavy (non-hydrogen) atoms. The molecule has 0 radical (unpaired) electrons. The van der Waals surface area contributed by atoms with Crippen LogP contribution in [0.1, 0.15) is 56.4 Å². The Bertz CT molecular complexity index is 1890. The summed E-state index contributed by atoms with van der Waals surface area (Å²) in [6, 6.07) is 7.35. The molecule has 4 aromatic rings. The molecule has 5 fully saturated rings. The first-order valence-electron chi connectivity index (χ1n) is 16.4.